The van der Waals surface area contributed by atoms with Crippen LogP contribution in [0, 0.1) is 20.8 Å². The van der Waals surface area contributed by atoms with Gasteiger partial charge in [-0.2, -0.15) is 0 Å². The number of hydrogen-bond donors (Lipinski definition) is 2. The summed E-state index contributed by atoms with van der Waals surface area (Å²) >= 11 is 0. The molecule has 110 valence electrons. The van der Waals surface area contributed by atoms with Crippen LogP contribution in [0.5, 0.6) is 0 Å². The summed E-state index contributed by atoms with van der Waals surface area (Å²) in [6.07, 6.45) is 0. The lowest BCUT2D eigenvalue weighted by Gasteiger charge is -2.12. The Morgan fingerprint density at radius 1 is 0.905 bits per heavy atom. The van der Waals surface area contributed by atoms with Crippen LogP contribution in [0.1, 0.15) is 29.2 Å². The van der Waals surface area contributed by atoms with Crippen LogP contribution in [0.15, 0.2) is 36.4 Å². The first kappa shape index (κ1) is 15.1. The lowest BCUT2D eigenvalue weighted by molar-refractivity contribution is -0.114. The van der Waals surface area contributed by atoms with E-state index < -0.39 is 0 Å². The van der Waals surface area contributed by atoms with Gasteiger partial charge in [-0.25, -0.2) is 0 Å². The van der Waals surface area contributed by atoms with Gasteiger partial charge in [0.2, 0.25) is 5.91 Å². The molecule has 0 fully saturated rings. The fraction of sp³-hybridized carbons (Fsp3) is 0.278. The number of carbonyl (C=O) groups is 1. The Hall–Kier alpha value is -2.29. The molecular formula is C18H22N2O. The Labute approximate surface area is 126 Å². The molecule has 0 aromatic heterocycles. The number of hydrogen-bond acceptors (Lipinski definition) is 2. The summed E-state index contributed by atoms with van der Waals surface area (Å²) in [5.74, 6) is -0.0542. The summed E-state index contributed by atoms with van der Waals surface area (Å²) < 4.78 is 0. The van der Waals surface area contributed by atoms with Crippen LogP contribution < -0.4 is 10.6 Å². The molecule has 0 aliphatic rings. The van der Waals surface area contributed by atoms with E-state index in [1.807, 2.05) is 24.3 Å². The minimum atomic E-state index is -0.0542. The van der Waals surface area contributed by atoms with Crippen molar-refractivity contribution < 1.29 is 4.79 Å². The summed E-state index contributed by atoms with van der Waals surface area (Å²) in [5.41, 5.74) is 7.12. The van der Waals surface area contributed by atoms with Crippen molar-refractivity contribution in [2.45, 2.75) is 34.2 Å². The topological polar surface area (TPSA) is 41.1 Å². The Bertz CT molecular complexity index is 645. The molecule has 0 spiro atoms. The normalized spacial score (nSPS) is 10.3. The van der Waals surface area contributed by atoms with Gasteiger partial charge < -0.3 is 10.6 Å². The van der Waals surface area contributed by atoms with E-state index in [4.69, 9.17) is 0 Å². The minimum absolute atomic E-state index is 0.0542. The van der Waals surface area contributed by atoms with Crippen molar-refractivity contribution in [3.8, 4) is 0 Å². The second-order valence-electron chi connectivity index (χ2n) is 5.48. The van der Waals surface area contributed by atoms with Crippen molar-refractivity contribution in [2.24, 2.45) is 0 Å². The fourth-order valence-corrected chi connectivity index (χ4v) is 2.28. The Kier molecular flexibility index (Phi) is 4.63. The highest BCUT2D eigenvalue weighted by atomic mass is 16.1. The van der Waals surface area contributed by atoms with Gasteiger partial charge in [0.15, 0.2) is 0 Å². The molecule has 3 nitrogen and oxygen atoms in total. The van der Waals surface area contributed by atoms with Crippen molar-refractivity contribution in [1.29, 1.82) is 0 Å². The van der Waals surface area contributed by atoms with Gasteiger partial charge in [0.1, 0.15) is 0 Å². The van der Waals surface area contributed by atoms with Crippen molar-refractivity contribution in [1.82, 2.24) is 0 Å². The molecule has 2 N–H and O–H groups in total. The van der Waals surface area contributed by atoms with Crippen LogP contribution >= 0.6 is 0 Å². The van der Waals surface area contributed by atoms with Crippen LogP contribution in [-0.2, 0) is 11.3 Å². The number of benzene rings is 2. The molecule has 2 aromatic carbocycles. The molecule has 0 radical (unpaired) electrons. The molecule has 0 heterocycles. The zero-order chi connectivity index (χ0) is 15.4. The maximum absolute atomic E-state index is 11.0. The third kappa shape index (κ3) is 4.09. The van der Waals surface area contributed by atoms with Crippen molar-refractivity contribution in [3.05, 3.63) is 58.7 Å². The lowest BCUT2D eigenvalue weighted by atomic mass is 10.0. The van der Waals surface area contributed by atoms with Gasteiger partial charge in [-0.05, 0) is 67.3 Å². The predicted octanol–water partition coefficient (Wildman–Crippen LogP) is 4.18. The highest BCUT2D eigenvalue weighted by Gasteiger charge is 2.02. The van der Waals surface area contributed by atoms with Gasteiger partial charge in [0.05, 0.1) is 0 Å². The lowest BCUT2D eigenvalue weighted by Crippen LogP contribution is -2.06. The summed E-state index contributed by atoms with van der Waals surface area (Å²) in [6.45, 7) is 8.73. The Morgan fingerprint density at radius 3 is 2.10 bits per heavy atom. The summed E-state index contributed by atoms with van der Waals surface area (Å²) in [6, 6.07) is 12.2. The third-order valence-corrected chi connectivity index (χ3v) is 3.64. The number of aryl methyl sites for hydroxylation is 3. The number of carbonyl (C=O) groups excluding carboxylic acids is 1. The molecular weight excluding hydrogens is 260 g/mol. The average Bonchev–Trinajstić information content (AvgIpc) is 2.42. The molecule has 2 aromatic rings. The standard InChI is InChI=1S/C18H22N2O/c1-12-9-14(3)16(10-13(12)2)11-19-17-5-7-18(8-6-17)20-15(4)21/h5-10,19H,11H2,1-4H3,(H,20,21). The smallest absolute Gasteiger partial charge is 0.221 e. The number of rotatable bonds is 4. The third-order valence-electron chi connectivity index (χ3n) is 3.64. The van der Waals surface area contributed by atoms with Gasteiger partial charge in [-0.1, -0.05) is 12.1 Å². The molecule has 0 bridgehead atoms. The van der Waals surface area contributed by atoms with E-state index in [1.165, 1.54) is 29.2 Å². The van der Waals surface area contributed by atoms with Crippen LogP contribution in [0.3, 0.4) is 0 Å². The van der Waals surface area contributed by atoms with Gasteiger partial charge in [0, 0.05) is 24.8 Å². The molecule has 0 saturated heterocycles. The average molecular weight is 282 g/mol. The van der Waals surface area contributed by atoms with Crippen molar-refractivity contribution >= 4 is 17.3 Å². The SMILES string of the molecule is CC(=O)Nc1ccc(NCc2cc(C)c(C)cc2C)cc1. The first-order valence-corrected chi connectivity index (χ1v) is 7.14. The van der Waals surface area contributed by atoms with Gasteiger partial charge in [0.25, 0.3) is 0 Å². The van der Waals surface area contributed by atoms with E-state index >= 15 is 0 Å². The monoisotopic (exact) mass is 282 g/mol. The second-order valence-corrected chi connectivity index (χ2v) is 5.48. The zero-order valence-corrected chi connectivity index (χ0v) is 13.1. The number of amides is 1. The van der Waals surface area contributed by atoms with Crippen LogP contribution in [0.2, 0.25) is 0 Å². The van der Waals surface area contributed by atoms with Crippen LogP contribution in [-0.4, -0.2) is 5.91 Å². The largest absolute Gasteiger partial charge is 0.381 e. The maximum Gasteiger partial charge on any atom is 0.221 e. The molecule has 21 heavy (non-hydrogen) atoms. The van der Waals surface area contributed by atoms with E-state index in [2.05, 4.69) is 43.5 Å². The molecule has 1 amide bonds. The van der Waals surface area contributed by atoms with Crippen molar-refractivity contribution in [2.75, 3.05) is 10.6 Å². The predicted molar refractivity (Wildman–Crippen MR) is 88.7 cm³/mol. The maximum atomic E-state index is 11.0. The molecule has 0 aliphatic heterocycles. The Morgan fingerprint density at radius 2 is 1.48 bits per heavy atom. The molecule has 0 saturated carbocycles. The molecule has 0 unspecified atom stereocenters. The van der Waals surface area contributed by atoms with E-state index in [1.54, 1.807) is 0 Å². The first-order chi connectivity index (χ1) is 9.95. The summed E-state index contributed by atoms with van der Waals surface area (Å²) in [4.78, 5) is 11.0. The van der Waals surface area contributed by atoms with E-state index in [0.717, 1.165) is 17.9 Å². The zero-order valence-electron chi connectivity index (χ0n) is 13.1. The molecule has 3 heteroatoms. The van der Waals surface area contributed by atoms with Crippen LogP contribution in [0.4, 0.5) is 11.4 Å². The van der Waals surface area contributed by atoms with Gasteiger partial charge >= 0.3 is 0 Å². The second kappa shape index (κ2) is 6.44. The minimum Gasteiger partial charge on any atom is -0.381 e. The first-order valence-electron chi connectivity index (χ1n) is 7.14. The Balaban J connectivity index is 2.03. The van der Waals surface area contributed by atoms with Crippen LogP contribution in [0.25, 0.3) is 0 Å². The number of anilines is 2. The van der Waals surface area contributed by atoms with E-state index in [-0.39, 0.29) is 5.91 Å². The van der Waals surface area contributed by atoms with Crippen molar-refractivity contribution in [3.63, 3.8) is 0 Å². The molecule has 0 atom stereocenters. The summed E-state index contributed by atoms with van der Waals surface area (Å²) in [5, 5.41) is 6.18. The van der Waals surface area contributed by atoms with Gasteiger partial charge in [-0.15, -0.1) is 0 Å². The number of nitrogens with one attached hydrogen (secondary N) is 2. The van der Waals surface area contributed by atoms with E-state index in [0.29, 0.717) is 0 Å². The summed E-state index contributed by atoms with van der Waals surface area (Å²) in [7, 11) is 0. The fourth-order valence-electron chi connectivity index (χ4n) is 2.28. The highest BCUT2D eigenvalue weighted by molar-refractivity contribution is 5.88. The molecule has 2 rings (SSSR count). The van der Waals surface area contributed by atoms with E-state index in [9.17, 15) is 4.79 Å². The molecule has 0 aliphatic carbocycles. The van der Waals surface area contributed by atoms with Gasteiger partial charge in [-0.3, -0.25) is 4.79 Å². The highest BCUT2D eigenvalue weighted by Crippen LogP contribution is 2.18. The quantitative estimate of drug-likeness (QED) is 0.883.